The lowest BCUT2D eigenvalue weighted by atomic mass is 9.92. The lowest BCUT2D eigenvalue weighted by Gasteiger charge is -2.31. The maximum Gasteiger partial charge on any atom is 0.0540 e. The van der Waals surface area contributed by atoms with Gasteiger partial charge in [-0.25, -0.2) is 0 Å². The summed E-state index contributed by atoms with van der Waals surface area (Å²) >= 11 is 1.88. The van der Waals surface area contributed by atoms with E-state index >= 15 is 0 Å². The Bertz CT molecular complexity index is 5590. The van der Waals surface area contributed by atoms with Crippen molar-refractivity contribution in [2.75, 3.05) is 9.80 Å². The molecule has 16 aromatic carbocycles. The predicted molar refractivity (Wildman–Crippen MR) is 399 cm³/mol. The van der Waals surface area contributed by atoms with Gasteiger partial charge in [0.2, 0.25) is 0 Å². The maximum absolute atomic E-state index is 2.44. The largest absolute Gasteiger partial charge is 0.310 e. The van der Waals surface area contributed by atoms with Crippen LogP contribution < -0.4 is 9.80 Å². The van der Waals surface area contributed by atoms with Gasteiger partial charge in [0.25, 0.3) is 0 Å². The van der Waals surface area contributed by atoms with Gasteiger partial charge in [0.1, 0.15) is 0 Å². The fourth-order valence-electron chi connectivity index (χ4n) is 14.0. The zero-order valence-electron chi connectivity index (χ0n) is 50.9. The Kier molecular flexibility index (Phi) is 14.1. The van der Waals surface area contributed by atoms with E-state index in [1.54, 1.807) is 0 Å². The molecule has 0 bridgehead atoms. The summed E-state index contributed by atoms with van der Waals surface area (Å²) < 4.78 is 2.59. The van der Waals surface area contributed by atoms with Crippen LogP contribution in [0, 0.1) is 0 Å². The van der Waals surface area contributed by atoms with Gasteiger partial charge >= 0.3 is 0 Å². The molecule has 0 unspecified atom stereocenters. The highest BCUT2D eigenvalue weighted by molar-refractivity contribution is 7.26. The molecular weight excluding hydrogens is 1140 g/mol. The summed E-state index contributed by atoms with van der Waals surface area (Å²) in [7, 11) is 0. The molecule has 0 atom stereocenters. The lowest BCUT2D eigenvalue weighted by molar-refractivity contribution is 1.27. The summed E-state index contributed by atoms with van der Waals surface area (Å²) in [6.07, 6.45) is 0. The number of hydrogen-bond acceptors (Lipinski definition) is 3. The van der Waals surface area contributed by atoms with Crippen molar-refractivity contribution in [2.45, 2.75) is 0 Å². The van der Waals surface area contributed by atoms with E-state index in [9.17, 15) is 0 Å². The fraction of sp³-hybridized carbons (Fsp3) is 0. The number of para-hydroxylation sites is 2. The number of benzene rings is 16. The van der Waals surface area contributed by atoms with Crippen LogP contribution in [-0.4, -0.2) is 0 Å². The van der Waals surface area contributed by atoms with Crippen LogP contribution in [0.3, 0.4) is 0 Å². The smallest absolute Gasteiger partial charge is 0.0540 e. The molecule has 0 amide bonds. The Labute approximate surface area is 546 Å². The summed E-state index contributed by atoms with van der Waals surface area (Å²) in [5.74, 6) is 0. The van der Waals surface area contributed by atoms with Crippen molar-refractivity contribution < 1.29 is 0 Å². The Morgan fingerprint density at radius 2 is 0.559 bits per heavy atom. The van der Waals surface area contributed by atoms with Crippen molar-refractivity contribution in [3.63, 3.8) is 0 Å². The molecule has 0 N–H and O–H groups in total. The zero-order valence-corrected chi connectivity index (χ0v) is 51.8. The van der Waals surface area contributed by atoms with E-state index in [1.165, 1.54) is 108 Å². The first-order valence-corrected chi connectivity index (χ1v) is 32.7. The zero-order chi connectivity index (χ0) is 61.6. The van der Waals surface area contributed by atoms with Crippen LogP contribution in [0.15, 0.2) is 364 Å². The molecule has 0 spiro atoms. The first kappa shape index (κ1) is 55.2. The van der Waals surface area contributed by atoms with E-state index in [0.29, 0.717) is 0 Å². The second kappa shape index (κ2) is 23.8. The van der Waals surface area contributed by atoms with Crippen LogP contribution in [-0.2, 0) is 0 Å². The third-order valence-electron chi connectivity index (χ3n) is 18.5. The van der Waals surface area contributed by atoms with Crippen LogP contribution in [0.1, 0.15) is 0 Å². The van der Waals surface area contributed by atoms with Gasteiger partial charge in [0, 0.05) is 54.0 Å². The highest BCUT2D eigenvalue weighted by Gasteiger charge is 2.24. The molecule has 0 saturated carbocycles. The minimum atomic E-state index is 1.05. The Morgan fingerprint density at radius 1 is 0.194 bits per heavy atom. The van der Waals surface area contributed by atoms with E-state index in [2.05, 4.69) is 374 Å². The normalized spacial score (nSPS) is 11.4. The summed E-state index contributed by atoms with van der Waals surface area (Å²) in [5, 5.41) is 9.95. The van der Waals surface area contributed by atoms with Crippen LogP contribution >= 0.6 is 11.3 Å². The quantitative estimate of drug-likeness (QED) is 0.114. The standard InChI is InChI=1S/C90H60N2S/c1-3-21-63(22-4-1)77-56-57-78(82-30-12-11-29-81(77)82)67-44-52-73(53-45-67)92(72-50-42-66(43-51-72)76-34-19-27-64-25-9-10-28-75(64)76)87-36-17-14-32-84(87)83-31-13-16-35-86(83)91(71-48-40-62(41-49-71)70-39-38-61-20-7-8-26-69(61)60-70)74-54-46-68(47-55-74)79-58-59-80(65-23-5-2-6-24-65)90-89(79)85-33-15-18-37-88(85)93-90/h1-60H. The average Bonchev–Trinajstić information content (AvgIpc) is 1.70. The van der Waals surface area contributed by atoms with E-state index in [1.807, 2.05) is 11.3 Å². The molecule has 3 heteroatoms. The summed E-state index contributed by atoms with van der Waals surface area (Å²) in [5.41, 5.74) is 22.9. The van der Waals surface area contributed by atoms with E-state index in [-0.39, 0.29) is 0 Å². The van der Waals surface area contributed by atoms with Crippen molar-refractivity contribution >= 4 is 98.0 Å². The molecule has 0 radical (unpaired) electrons. The highest BCUT2D eigenvalue weighted by atomic mass is 32.1. The number of nitrogens with zero attached hydrogens (tertiary/aromatic N) is 2. The van der Waals surface area contributed by atoms with E-state index < -0.39 is 0 Å². The average molecular weight is 1200 g/mol. The van der Waals surface area contributed by atoms with Gasteiger partial charge in [-0.3, -0.25) is 0 Å². The third kappa shape index (κ3) is 10.2. The number of thiophene rings is 1. The summed E-state index contributed by atoms with van der Waals surface area (Å²) in [6, 6.07) is 134. The van der Waals surface area contributed by atoms with E-state index in [0.717, 1.165) is 56.4 Å². The van der Waals surface area contributed by atoms with Crippen LogP contribution in [0.4, 0.5) is 34.1 Å². The van der Waals surface area contributed by atoms with E-state index in [4.69, 9.17) is 0 Å². The Morgan fingerprint density at radius 3 is 1.13 bits per heavy atom. The second-order valence-corrected chi connectivity index (χ2v) is 24.9. The molecule has 1 heterocycles. The minimum Gasteiger partial charge on any atom is -0.310 e. The molecule has 0 aliphatic carbocycles. The van der Waals surface area contributed by atoms with Crippen LogP contribution in [0.2, 0.25) is 0 Å². The molecule has 17 rings (SSSR count). The van der Waals surface area contributed by atoms with Crippen molar-refractivity contribution in [3.8, 4) is 77.9 Å². The molecule has 0 aliphatic rings. The number of hydrogen-bond donors (Lipinski definition) is 0. The Hall–Kier alpha value is -11.9. The minimum absolute atomic E-state index is 1.05. The number of fused-ring (bicyclic) bond motifs is 6. The first-order valence-electron chi connectivity index (χ1n) is 31.9. The SMILES string of the molecule is c1ccc(-c2ccc(-c3ccc(N(c4ccc(-c5cccc6ccccc56)cc4)c4ccccc4-c4ccccc4N(c4ccc(-c5ccc6ccccc6c5)cc4)c4ccc(-c5ccc(-c6ccccc6)c6sc7ccccc7c56)cc4)cc3)c3ccccc23)cc1. The third-order valence-corrected chi connectivity index (χ3v) is 19.7. The molecule has 93 heavy (non-hydrogen) atoms. The summed E-state index contributed by atoms with van der Waals surface area (Å²) in [4.78, 5) is 4.88. The van der Waals surface area contributed by atoms with Crippen molar-refractivity contribution in [2.24, 2.45) is 0 Å². The van der Waals surface area contributed by atoms with Crippen LogP contribution in [0.25, 0.3) is 130 Å². The molecule has 0 aliphatic heterocycles. The van der Waals surface area contributed by atoms with Gasteiger partial charge in [-0.05, 0) is 172 Å². The van der Waals surface area contributed by atoms with Crippen molar-refractivity contribution in [1.82, 2.24) is 0 Å². The second-order valence-electron chi connectivity index (χ2n) is 23.9. The summed E-state index contributed by atoms with van der Waals surface area (Å²) in [6.45, 7) is 0. The lowest BCUT2D eigenvalue weighted by Crippen LogP contribution is -2.13. The number of anilines is 6. The van der Waals surface area contributed by atoms with Crippen molar-refractivity contribution in [3.05, 3.63) is 364 Å². The predicted octanol–water partition coefficient (Wildman–Crippen LogP) is 26.1. The van der Waals surface area contributed by atoms with Gasteiger partial charge in [-0.1, -0.05) is 291 Å². The molecule has 0 saturated heterocycles. The maximum atomic E-state index is 2.44. The van der Waals surface area contributed by atoms with Gasteiger partial charge in [0.05, 0.1) is 11.4 Å². The molecule has 436 valence electrons. The molecule has 17 aromatic rings. The molecular formula is C90H60N2S. The topological polar surface area (TPSA) is 6.48 Å². The molecule has 2 nitrogen and oxygen atoms in total. The van der Waals surface area contributed by atoms with Crippen molar-refractivity contribution in [1.29, 1.82) is 0 Å². The fourth-order valence-corrected chi connectivity index (χ4v) is 15.3. The molecule has 0 fully saturated rings. The molecule has 1 aromatic heterocycles. The van der Waals surface area contributed by atoms with Crippen LogP contribution in [0.5, 0.6) is 0 Å². The monoisotopic (exact) mass is 1200 g/mol. The van der Waals surface area contributed by atoms with Gasteiger partial charge in [-0.15, -0.1) is 11.3 Å². The van der Waals surface area contributed by atoms with Gasteiger partial charge in [-0.2, -0.15) is 0 Å². The van der Waals surface area contributed by atoms with Gasteiger partial charge in [0.15, 0.2) is 0 Å². The first-order chi connectivity index (χ1) is 46.1. The van der Waals surface area contributed by atoms with Gasteiger partial charge < -0.3 is 9.80 Å². The highest BCUT2D eigenvalue weighted by Crippen LogP contribution is 2.50. The number of rotatable bonds is 13. The Balaban J connectivity index is 0.810.